The van der Waals surface area contributed by atoms with Gasteiger partial charge in [-0.2, -0.15) is 5.26 Å². The van der Waals surface area contributed by atoms with Gasteiger partial charge >= 0.3 is 6.03 Å². The maximum atomic E-state index is 12.8. The first-order valence-corrected chi connectivity index (χ1v) is 10.7. The summed E-state index contributed by atoms with van der Waals surface area (Å²) in [4.78, 5) is 28.9. The van der Waals surface area contributed by atoms with Crippen LogP contribution in [0.1, 0.15) is 19.8 Å². The van der Waals surface area contributed by atoms with Gasteiger partial charge in [0.2, 0.25) is 0 Å². The van der Waals surface area contributed by atoms with Crippen molar-refractivity contribution in [2.75, 3.05) is 31.6 Å². The molecule has 0 bridgehead atoms. The number of nitriles is 1. The highest BCUT2D eigenvalue weighted by Crippen LogP contribution is 2.30. The maximum Gasteiger partial charge on any atom is 0.323 e. The molecule has 0 saturated carbocycles. The number of aromatic nitrogens is 2. The Kier molecular flexibility index (Phi) is 5.62. The molecule has 152 valence electrons. The van der Waals surface area contributed by atoms with Gasteiger partial charge in [-0.15, -0.1) is 0 Å². The van der Waals surface area contributed by atoms with Crippen LogP contribution in [0.25, 0.3) is 11.0 Å². The lowest BCUT2D eigenvalue weighted by molar-refractivity contribution is 0.165. The molecule has 2 aromatic heterocycles. The SMILES string of the molecule is C[C@@H]1CCN(C(=O)NC2=NCC(CC#N)S2)CC1N(C)c1ccnc2[nH]ccc12. The lowest BCUT2D eigenvalue weighted by Gasteiger charge is -2.42. The van der Waals surface area contributed by atoms with Crippen LogP contribution in [-0.4, -0.2) is 64.0 Å². The Morgan fingerprint density at radius 1 is 1.52 bits per heavy atom. The van der Waals surface area contributed by atoms with Crippen molar-refractivity contribution in [1.29, 1.82) is 5.26 Å². The van der Waals surface area contributed by atoms with Crippen molar-refractivity contribution in [3.63, 3.8) is 0 Å². The molecule has 0 spiro atoms. The van der Waals surface area contributed by atoms with Crippen molar-refractivity contribution in [2.45, 2.75) is 31.1 Å². The zero-order valence-corrected chi connectivity index (χ0v) is 17.4. The van der Waals surface area contributed by atoms with Crippen LogP contribution in [0.5, 0.6) is 0 Å². The zero-order chi connectivity index (χ0) is 20.4. The Morgan fingerprint density at radius 3 is 3.21 bits per heavy atom. The number of likely N-dealkylation sites (N-methyl/N-ethyl adjacent to an activating group) is 1. The summed E-state index contributed by atoms with van der Waals surface area (Å²) < 4.78 is 0. The Balaban J connectivity index is 1.43. The van der Waals surface area contributed by atoms with Crippen LogP contribution >= 0.6 is 11.8 Å². The van der Waals surface area contributed by atoms with Crippen LogP contribution in [0, 0.1) is 17.2 Å². The molecule has 29 heavy (non-hydrogen) atoms. The van der Waals surface area contributed by atoms with Crippen LogP contribution in [0.3, 0.4) is 0 Å². The Bertz CT molecular complexity index is 965. The van der Waals surface area contributed by atoms with Crippen LogP contribution in [0.2, 0.25) is 0 Å². The van der Waals surface area contributed by atoms with Gasteiger partial charge in [0.1, 0.15) is 5.65 Å². The number of pyridine rings is 1. The van der Waals surface area contributed by atoms with E-state index in [1.807, 2.05) is 29.4 Å². The van der Waals surface area contributed by atoms with Crippen LogP contribution in [0.4, 0.5) is 10.5 Å². The number of nitrogens with one attached hydrogen (secondary N) is 2. The number of H-pyrrole nitrogens is 1. The number of amides is 2. The number of fused-ring (bicyclic) bond motifs is 1. The summed E-state index contributed by atoms with van der Waals surface area (Å²) in [6.07, 6.45) is 5.11. The van der Waals surface area contributed by atoms with E-state index in [9.17, 15) is 4.79 Å². The number of piperidine rings is 1. The molecule has 2 N–H and O–H groups in total. The van der Waals surface area contributed by atoms with Gasteiger partial charge in [0, 0.05) is 61.3 Å². The fourth-order valence-corrected chi connectivity index (χ4v) is 4.95. The molecule has 2 aliphatic heterocycles. The molecule has 2 unspecified atom stereocenters. The summed E-state index contributed by atoms with van der Waals surface area (Å²) in [7, 11) is 2.09. The van der Waals surface area contributed by atoms with Crippen molar-refractivity contribution in [2.24, 2.45) is 10.9 Å². The second-order valence-electron chi connectivity index (χ2n) is 7.64. The summed E-state index contributed by atoms with van der Waals surface area (Å²) in [5.74, 6) is 0.462. The average molecular weight is 412 g/mol. The third-order valence-corrected chi connectivity index (χ3v) is 6.87. The van der Waals surface area contributed by atoms with Crippen molar-refractivity contribution >= 4 is 39.7 Å². The minimum Gasteiger partial charge on any atom is -0.369 e. The molecule has 2 amide bonds. The summed E-state index contributed by atoms with van der Waals surface area (Å²) in [6.45, 7) is 4.21. The molecule has 4 rings (SSSR count). The summed E-state index contributed by atoms with van der Waals surface area (Å²) in [5, 5.41) is 13.6. The molecule has 0 aromatic carbocycles. The first kappa shape index (κ1) is 19.6. The van der Waals surface area contributed by atoms with Crippen molar-refractivity contribution in [3.05, 3.63) is 24.5 Å². The Labute approximate surface area is 174 Å². The number of aromatic amines is 1. The predicted octanol–water partition coefficient (Wildman–Crippen LogP) is 2.80. The van der Waals surface area contributed by atoms with Gasteiger partial charge in [-0.3, -0.25) is 10.3 Å². The minimum absolute atomic E-state index is 0.110. The molecule has 2 aliphatic rings. The standard InChI is InChI=1S/C20H25N7OS/c1-13-6-10-27(20(28)25-19-24-11-14(29-19)3-7-21)12-17(13)26(2)16-5-9-23-18-15(16)4-8-22-18/h4-5,8-9,13-14,17H,3,6,10-12H2,1-2H3,(H,22,23)(H,24,25,28)/t13-,14?,17?/m1/s1. The lowest BCUT2D eigenvalue weighted by Crippen LogP contribution is -2.55. The predicted molar refractivity (Wildman–Crippen MR) is 116 cm³/mol. The molecule has 4 heterocycles. The van der Waals surface area contributed by atoms with E-state index in [-0.39, 0.29) is 17.3 Å². The smallest absolute Gasteiger partial charge is 0.323 e. The number of thioether (sulfide) groups is 1. The molecule has 1 fully saturated rings. The van der Waals surface area contributed by atoms with Crippen molar-refractivity contribution < 1.29 is 4.79 Å². The molecule has 3 atom stereocenters. The molecule has 2 aromatic rings. The average Bonchev–Trinajstić information content (AvgIpc) is 3.37. The number of hydrogen-bond acceptors (Lipinski definition) is 6. The number of rotatable bonds is 3. The number of carbonyl (C=O) groups excluding carboxylic acids is 1. The van der Waals surface area contributed by atoms with Gasteiger partial charge in [-0.25, -0.2) is 9.78 Å². The molecule has 9 heteroatoms. The largest absolute Gasteiger partial charge is 0.369 e. The van der Waals surface area contributed by atoms with Gasteiger partial charge in [-0.05, 0) is 24.5 Å². The quantitative estimate of drug-likeness (QED) is 0.809. The highest BCUT2D eigenvalue weighted by Gasteiger charge is 2.33. The number of nitrogens with zero attached hydrogens (tertiary/aromatic N) is 5. The van der Waals surface area contributed by atoms with Crippen molar-refractivity contribution in [3.8, 4) is 6.07 Å². The van der Waals surface area contributed by atoms with Gasteiger partial charge in [-0.1, -0.05) is 18.7 Å². The summed E-state index contributed by atoms with van der Waals surface area (Å²) in [5.41, 5.74) is 1.99. The first-order chi connectivity index (χ1) is 14.1. The molecular weight excluding hydrogens is 386 g/mol. The van der Waals surface area contributed by atoms with E-state index in [2.05, 4.69) is 45.2 Å². The molecule has 0 radical (unpaired) electrons. The molecule has 8 nitrogen and oxygen atoms in total. The van der Waals surface area contributed by atoms with Crippen LogP contribution in [-0.2, 0) is 0 Å². The molecule has 0 aliphatic carbocycles. The van der Waals surface area contributed by atoms with Gasteiger partial charge < -0.3 is 14.8 Å². The van der Waals surface area contributed by atoms with E-state index in [1.165, 1.54) is 11.8 Å². The number of likely N-dealkylation sites (tertiary alicyclic amines) is 1. The van der Waals surface area contributed by atoms with E-state index < -0.39 is 0 Å². The van der Waals surface area contributed by atoms with Crippen LogP contribution < -0.4 is 10.2 Å². The van der Waals surface area contributed by atoms with E-state index in [0.717, 1.165) is 29.7 Å². The Morgan fingerprint density at radius 2 is 2.38 bits per heavy atom. The van der Waals surface area contributed by atoms with E-state index in [4.69, 9.17) is 5.26 Å². The Hall–Kier alpha value is -2.73. The molecular formula is C20H25N7OS. The first-order valence-electron chi connectivity index (χ1n) is 9.85. The summed E-state index contributed by atoms with van der Waals surface area (Å²) >= 11 is 1.48. The normalized spacial score (nSPS) is 24.2. The number of hydrogen-bond donors (Lipinski definition) is 2. The highest BCUT2D eigenvalue weighted by molar-refractivity contribution is 8.14. The van der Waals surface area contributed by atoms with E-state index >= 15 is 0 Å². The van der Waals surface area contributed by atoms with Gasteiger partial charge in [0.05, 0.1) is 12.6 Å². The maximum absolute atomic E-state index is 12.8. The minimum atomic E-state index is -0.110. The van der Waals surface area contributed by atoms with E-state index in [1.54, 1.807) is 0 Å². The highest BCUT2D eigenvalue weighted by atomic mass is 32.2. The topological polar surface area (TPSA) is 100 Å². The number of amidine groups is 1. The number of aliphatic imine (C=N–C) groups is 1. The number of carbonyl (C=O) groups is 1. The van der Waals surface area contributed by atoms with Crippen molar-refractivity contribution in [1.82, 2.24) is 20.2 Å². The third kappa shape index (κ3) is 4.03. The van der Waals surface area contributed by atoms with Gasteiger partial charge in [0.15, 0.2) is 5.17 Å². The lowest BCUT2D eigenvalue weighted by atomic mass is 9.92. The summed E-state index contributed by atoms with van der Waals surface area (Å²) in [6, 6.07) is 6.33. The fraction of sp³-hybridized carbons (Fsp3) is 0.500. The zero-order valence-electron chi connectivity index (χ0n) is 16.6. The van der Waals surface area contributed by atoms with Gasteiger partial charge in [0.25, 0.3) is 0 Å². The third-order valence-electron chi connectivity index (χ3n) is 5.77. The monoisotopic (exact) mass is 411 g/mol. The number of anilines is 1. The number of urea groups is 1. The second-order valence-corrected chi connectivity index (χ2v) is 8.93. The van der Waals surface area contributed by atoms with Crippen LogP contribution in [0.15, 0.2) is 29.5 Å². The van der Waals surface area contributed by atoms with E-state index in [0.29, 0.717) is 30.6 Å². The molecule has 1 saturated heterocycles. The fourth-order valence-electron chi connectivity index (χ4n) is 4.03. The second kappa shape index (κ2) is 8.33.